The number of rotatable bonds is 5. The van der Waals surface area contributed by atoms with Gasteiger partial charge in [0.2, 0.25) is 11.8 Å². The number of H-pyrrole nitrogens is 1. The van der Waals surface area contributed by atoms with E-state index in [9.17, 15) is 4.79 Å². The molecule has 10 nitrogen and oxygen atoms in total. The van der Waals surface area contributed by atoms with Gasteiger partial charge in [-0.05, 0) is 43.7 Å². The van der Waals surface area contributed by atoms with Gasteiger partial charge in [0.15, 0.2) is 0 Å². The average molecular weight is 523 g/mol. The third-order valence-electron chi connectivity index (χ3n) is 7.70. The summed E-state index contributed by atoms with van der Waals surface area (Å²) in [5, 5.41) is 7.88. The molecule has 37 heavy (non-hydrogen) atoms. The molecule has 5 heterocycles. The van der Waals surface area contributed by atoms with Crippen LogP contribution < -0.4 is 16.0 Å². The van der Waals surface area contributed by atoms with Crippen LogP contribution in [-0.4, -0.2) is 55.3 Å². The second-order valence-corrected chi connectivity index (χ2v) is 10.9. The molecule has 194 valence electrons. The van der Waals surface area contributed by atoms with Crippen LogP contribution in [0.15, 0.2) is 33.8 Å². The molecule has 0 unspecified atom stereocenters. The van der Waals surface area contributed by atoms with Crippen molar-refractivity contribution in [2.24, 2.45) is 11.8 Å². The lowest BCUT2D eigenvalue weighted by Gasteiger charge is -2.36. The van der Waals surface area contributed by atoms with Crippen LogP contribution in [0.4, 0.5) is 5.95 Å². The third kappa shape index (κ3) is 4.75. The molecule has 1 atom stereocenters. The van der Waals surface area contributed by atoms with Crippen molar-refractivity contribution in [2.45, 2.75) is 52.1 Å². The molecule has 0 aromatic carbocycles. The van der Waals surface area contributed by atoms with Gasteiger partial charge in [0.25, 0.3) is 0 Å². The predicted octanol–water partition coefficient (Wildman–Crippen LogP) is 4.11. The van der Waals surface area contributed by atoms with Gasteiger partial charge in [0.1, 0.15) is 5.69 Å². The summed E-state index contributed by atoms with van der Waals surface area (Å²) in [5.74, 6) is 1.94. The molecule has 0 amide bonds. The Labute approximate surface area is 219 Å². The zero-order chi connectivity index (χ0) is 25.5. The van der Waals surface area contributed by atoms with Crippen LogP contribution in [-0.2, 0) is 6.54 Å². The molecule has 2 aliphatic rings. The average Bonchev–Trinajstić information content (AvgIpc) is 3.49. The number of fused-ring (bicyclic) bond motifs is 1. The van der Waals surface area contributed by atoms with E-state index in [-0.39, 0.29) is 5.82 Å². The fraction of sp³-hybridized carbons (Fsp3) is 0.500. The number of aromatic amines is 1. The van der Waals surface area contributed by atoms with Crippen molar-refractivity contribution in [3.63, 3.8) is 0 Å². The Morgan fingerprint density at radius 1 is 1.14 bits per heavy atom. The molecular formula is C26H31ClN8O2. The van der Waals surface area contributed by atoms with E-state index in [1.54, 1.807) is 12.4 Å². The summed E-state index contributed by atoms with van der Waals surface area (Å²) in [5.41, 5.74) is 3.69. The van der Waals surface area contributed by atoms with E-state index in [0.29, 0.717) is 28.4 Å². The van der Waals surface area contributed by atoms with Crippen molar-refractivity contribution in [3.05, 3.63) is 40.1 Å². The Hall–Kier alpha value is -3.24. The number of halogens is 1. The number of hydrogen-bond donors (Lipinski definition) is 2. The summed E-state index contributed by atoms with van der Waals surface area (Å²) >= 11 is 6.36. The summed E-state index contributed by atoms with van der Waals surface area (Å²) in [4.78, 5) is 31.2. The van der Waals surface area contributed by atoms with Crippen molar-refractivity contribution < 1.29 is 4.52 Å². The molecule has 6 rings (SSSR count). The topological polar surface area (TPSA) is 118 Å². The maximum absolute atomic E-state index is 11.7. The van der Waals surface area contributed by atoms with Gasteiger partial charge in [-0.1, -0.05) is 36.5 Å². The van der Waals surface area contributed by atoms with Gasteiger partial charge in [0, 0.05) is 50.2 Å². The fourth-order valence-electron chi connectivity index (χ4n) is 5.65. The number of pyridine rings is 2. The Kier molecular flexibility index (Phi) is 6.46. The summed E-state index contributed by atoms with van der Waals surface area (Å²) < 4.78 is 7.13. The van der Waals surface area contributed by atoms with Crippen LogP contribution in [0.1, 0.15) is 39.5 Å². The molecule has 1 saturated heterocycles. The lowest BCUT2D eigenvalue weighted by molar-refractivity contribution is 0.266. The van der Waals surface area contributed by atoms with Gasteiger partial charge in [-0.15, -0.1) is 0 Å². The highest BCUT2D eigenvalue weighted by Crippen LogP contribution is 2.37. The number of piperazine rings is 1. The molecule has 0 radical (unpaired) electrons. The van der Waals surface area contributed by atoms with Gasteiger partial charge >= 0.3 is 5.76 Å². The minimum atomic E-state index is -0.629. The van der Waals surface area contributed by atoms with Crippen LogP contribution in [0, 0.1) is 11.8 Å². The van der Waals surface area contributed by atoms with Gasteiger partial charge in [0.05, 0.1) is 21.7 Å². The third-order valence-corrected chi connectivity index (χ3v) is 7.91. The molecular weight excluding hydrogens is 492 g/mol. The highest BCUT2D eigenvalue weighted by atomic mass is 35.5. The zero-order valence-electron chi connectivity index (χ0n) is 21.1. The smallest absolute Gasteiger partial charge is 0.337 e. The highest BCUT2D eigenvalue weighted by molar-refractivity contribution is 6.30. The molecule has 4 aromatic rings. The Balaban J connectivity index is 1.58. The lowest BCUT2D eigenvalue weighted by Crippen LogP contribution is -2.51. The molecule has 1 saturated carbocycles. The van der Waals surface area contributed by atoms with E-state index < -0.39 is 5.76 Å². The summed E-state index contributed by atoms with van der Waals surface area (Å²) in [6.45, 7) is 8.13. The Morgan fingerprint density at radius 3 is 2.70 bits per heavy atom. The molecule has 1 aliphatic heterocycles. The normalized spacial score (nSPS) is 22.6. The number of hydrogen-bond acceptors (Lipinski definition) is 8. The van der Waals surface area contributed by atoms with Crippen molar-refractivity contribution in [3.8, 4) is 22.8 Å². The van der Waals surface area contributed by atoms with Gasteiger partial charge in [-0.2, -0.15) is 0 Å². The van der Waals surface area contributed by atoms with Crippen molar-refractivity contribution in [1.29, 1.82) is 0 Å². The number of aromatic nitrogens is 6. The second-order valence-electron chi connectivity index (χ2n) is 10.5. The van der Waals surface area contributed by atoms with E-state index >= 15 is 0 Å². The Bertz CT molecular complexity index is 1470. The molecule has 1 aliphatic carbocycles. The van der Waals surface area contributed by atoms with E-state index in [4.69, 9.17) is 26.1 Å². The molecule has 0 bridgehead atoms. The zero-order valence-corrected chi connectivity index (χ0v) is 21.8. The van der Waals surface area contributed by atoms with E-state index in [2.05, 4.69) is 43.8 Å². The summed E-state index contributed by atoms with van der Waals surface area (Å²) in [6.07, 6.45) is 8.28. The standard InChI is InChI=1S/C26H31ClN8O2/c1-15-3-5-17(6-4-15)14-35-23-20(31-25(35)34-8-7-28-11-16(34)2)10-21(24-32-26(36)37-33-24)30-22(23)18-9-19(27)13-29-12-18/h9-10,12-13,15-17,28H,3-8,11,14H2,1-2H3,(H,32,33,36)/t15?,16-,17?/m1/s1. The van der Waals surface area contributed by atoms with Crippen LogP contribution in [0.5, 0.6) is 0 Å². The van der Waals surface area contributed by atoms with E-state index in [1.165, 1.54) is 25.7 Å². The lowest BCUT2D eigenvalue weighted by atomic mass is 9.83. The highest BCUT2D eigenvalue weighted by Gasteiger charge is 2.29. The largest absolute Gasteiger partial charge is 0.439 e. The first-order valence-electron chi connectivity index (χ1n) is 13.0. The number of imidazole rings is 1. The van der Waals surface area contributed by atoms with Gasteiger partial charge < -0.3 is 14.8 Å². The van der Waals surface area contributed by atoms with Gasteiger partial charge in [-0.25, -0.2) is 14.8 Å². The monoisotopic (exact) mass is 522 g/mol. The molecule has 0 spiro atoms. The molecule has 11 heteroatoms. The van der Waals surface area contributed by atoms with Crippen LogP contribution in [0.3, 0.4) is 0 Å². The first-order chi connectivity index (χ1) is 18.0. The number of nitrogens with zero attached hydrogens (tertiary/aromatic N) is 6. The van der Waals surface area contributed by atoms with Crippen LogP contribution in [0.2, 0.25) is 5.02 Å². The predicted molar refractivity (Wildman–Crippen MR) is 143 cm³/mol. The maximum atomic E-state index is 11.7. The number of anilines is 1. The first-order valence-corrected chi connectivity index (χ1v) is 13.4. The van der Waals surface area contributed by atoms with Crippen molar-refractivity contribution in [1.82, 2.24) is 35.0 Å². The van der Waals surface area contributed by atoms with E-state index in [0.717, 1.165) is 54.6 Å². The summed E-state index contributed by atoms with van der Waals surface area (Å²) in [7, 11) is 0. The Morgan fingerprint density at radius 2 is 1.97 bits per heavy atom. The fourth-order valence-corrected chi connectivity index (χ4v) is 5.82. The summed E-state index contributed by atoms with van der Waals surface area (Å²) in [6, 6.07) is 4.03. The quantitative estimate of drug-likeness (QED) is 0.402. The molecule has 4 aromatic heterocycles. The molecule has 2 N–H and O–H groups in total. The minimum Gasteiger partial charge on any atom is -0.337 e. The van der Waals surface area contributed by atoms with Crippen molar-refractivity contribution in [2.75, 3.05) is 24.5 Å². The first kappa shape index (κ1) is 24.1. The van der Waals surface area contributed by atoms with Gasteiger partial charge in [-0.3, -0.25) is 14.5 Å². The number of nitrogens with one attached hydrogen (secondary N) is 2. The second kappa shape index (κ2) is 9.90. The van der Waals surface area contributed by atoms with Crippen molar-refractivity contribution >= 4 is 28.6 Å². The van der Waals surface area contributed by atoms with Crippen LogP contribution >= 0.6 is 11.6 Å². The van der Waals surface area contributed by atoms with E-state index in [1.807, 2.05) is 12.1 Å². The van der Waals surface area contributed by atoms with Crippen LogP contribution in [0.25, 0.3) is 33.8 Å². The maximum Gasteiger partial charge on any atom is 0.439 e. The molecule has 2 fully saturated rings. The minimum absolute atomic E-state index is 0.260. The SMILES string of the molecule is CC1CCC(Cn2c(N3CCNC[C@H]3C)nc3cc(-c4noc(=O)[nH]4)nc(-c4cncc(Cl)c4)c32)CC1.